The second-order valence-corrected chi connectivity index (χ2v) is 8.05. The highest BCUT2D eigenvalue weighted by Gasteiger charge is 2.32. The zero-order valence-electron chi connectivity index (χ0n) is 21.4. The fourth-order valence-electron chi connectivity index (χ4n) is 3.65. The first-order chi connectivity index (χ1) is 18.2. The van der Waals surface area contributed by atoms with Crippen molar-refractivity contribution in [1.29, 1.82) is 0 Å². The summed E-state index contributed by atoms with van der Waals surface area (Å²) in [5.74, 6) is -0.0166. The number of aliphatic hydroxyl groups is 1. The predicted molar refractivity (Wildman–Crippen MR) is 137 cm³/mol. The molecule has 0 aliphatic carbocycles. The van der Waals surface area contributed by atoms with Crippen molar-refractivity contribution in [1.82, 2.24) is 16.1 Å². The topological polar surface area (TPSA) is 157 Å². The zero-order chi connectivity index (χ0) is 27.7. The number of carbonyl (C=O) groups is 3. The van der Waals surface area contributed by atoms with Gasteiger partial charge >= 0.3 is 18.0 Å². The fraction of sp³-hybridized carbons (Fsp3) is 0.308. The van der Waals surface area contributed by atoms with Crippen LogP contribution in [0.2, 0.25) is 0 Å². The molecule has 1 aliphatic rings. The molecule has 12 nitrogen and oxygen atoms in total. The van der Waals surface area contributed by atoms with Gasteiger partial charge in [0.25, 0.3) is 0 Å². The molecule has 0 bridgehead atoms. The van der Waals surface area contributed by atoms with Gasteiger partial charge in [0.05, 0.1) is 31.5 Å². The van der Waals surface area contributed by atoms with E-state index in [9.17, 15) is 19.5 Å². The molecule has 2 aromatic rings. The van der Waals surface area contributed by atoms with Gasteiger partial charge in [-0.3, -0.25) is 10.2 Å². The number of amides is 2. The molecular formula is C26H30N4O8. The molecule has 12 heteroatoms. The predicted octanol–water partition coefficient (Wildman–Crippen LogP) is 2.13. The number of methoxy groups -OCH3 is 1. The first kappa shape index (κ1) is 28.0. The number of aliphatic hydroxyl groups excluding tert-OH is 1. The number of hydrogen-bond donors (Lipinski definition) is 4. The van der Waals surface area contributed by atoms with Crippen LogP contribution in [0.4, 0.5) is 4.79 Å². The lowest BCUT2D eigenvalue weighted by Gasteiger charge is -2.28. The van der Waals surface area contributed by atoms with Gasteiger partial charge in [0.15, 0.2) is 17.7 Å². The minimum Gasteiger partial charge on any atom is -0.490 e. The number of carbonyl (C=O) groups excluding carboxylic acids is 3. The monoisotopic (exact) mass is 526 g/mol. The van der Waals surface area contributed by atoms with E-state index in [0.29, 0.717) is 40.7 Å². The highest BCUT2D eigenvalue weighted by atomic mass is 16.5. The van der Waals surface area contributed by atoms with Crippen molar-refractivity contribution in [2.24, 2.45) is 5.10 Å². The molecule has 0 unspecified atom stereocenters. The molecule has 0 saturated carbocycles. The summed E-state index contributed by atoms with van der Waals surface area (Å²) in [6, 6.07) is 10.5. The lowest BCUT2D eigenvalue weighted by molar-refractivity contribution is -0.136. The van der Waals surface area contributed by atoms with E-state index in [0.717, 1.165) is 0 Å². The summed E-state index contributed by atoms with van der Waals surface area (Å²) < 4.78 is 21.4. The third-order valence-electron chi connectivity index (χ3n) is 5.27. The van der Waals surface area contributed by atoms with E-state index in [-0.39, 0.29) is 12.2 Å². The van der Waals surface area contributed by atoms with E-state index in [1.165, 1.54) is 20.2 Å². The van der Waals surface area contributed by atoms with Gasteiger partial charge in [-0.25, -0.2) is 9.59 Å². The lowest BCUT2D eigenvalue weighted by atomic mass is 9.95. The molecular weight excluding hydrogens is 496 g/mol. The minimum absolute atomic E-state index is 0.182. The Kier molecular flexibility index (Phi) is 9.66. The molecule has 0 radical (unpaired) electrons. The number of allylic oxidation sites excluding steroid dienone is 1. The van der Waals surface area contributed by atoms with Gasteiger partial charge in [0, 0.05) is 18.2 Å². The van der Waals surface area contributed by atoms with E-state index in [2.05, 4.69) is 21.2 Å². The number of nitrogens with zero attached hydrogens (tertiary/aromatic N) is 1. The Balaban J connectivity index is 1.70. The van der Waals surface area contributed by atoms with Crippen LogP contribution in [0, 0.1) is 0 Å². The van der Waals surface area contributed by atoms with Crippen molar-refractivity contribution in [3.05, 3.63) is 64.9 Å². The third-order valence-corrected chi connectivity index (χ3v) is 5.27. The Hall–Kier alpha value is -4.58. The number of benzene rings is 2. The Morgan fingerprint density at radius 3 is 2.63 bits per heavy atom. The molecule has 1 heterocycles. The van der Waals surface area contributed by atoms with Crippen molar-refractivity contribution in [3.8, 4) is 17.2 Å². The van der Waals surface area contributed by atoms with Crippen molar-refractivity contribution in [3.63, 3.8) is 0 Å². The summed E-state index contributed by atoms with van der Waals surface area (Å²) in [4.78, 5) is 35.7. The fourth-order valence-corrected chi connectivity index (χ4v) is 3.65. The van der Waals surface area contributed by atoms with Crippen LogP contribution in [-0.2, 0) is 14.3 Å². The van der Waals surface area contributed by atoms with Crippen LogP contribution in [0.1, 0.15) is 37.9 Å². The Morgan fingerprint density at radius 1 is 1.16 bits per heavy atom. The van der Waals surface area contributed by atoms with Crippen LogP contribution in [-0.4, -0.2) is 55.8 Å². The largest absolute Gasteiger partial charge is 0.490 e. The zero-order valence-corrected chi connectivity index (χ0v) is 21.4. The van der Waals surface area contributed by atoms with Crippen LogP contribution in [0.15, 0.2) is 58.8 Å². The number of hydrazone groups is 1. The number of ether oxygens (including phenoxy) is 4. The van der Waals surface area contributed by atoms with Crippen molar-refractivity contribution in [2.75, 3.05) is 20.3 Å². The number of nitrogens with one attached hydrogen (secondary N) is 3. The normalized spacial score (nSPS) is 15.8. The molecule has 38 heavy (non-hydrogen) atoms. The number of hydrogen-bond acceptors (Lipinski definition) is 10. The molecule has 0 aromatic heterocycles. The smallest absolute Gasteiger partial charge is 0.337 e. The maximum Gasteiger partial charge on any atom is 0.337 e. The summed E-state index contributed by atoms with van der Waals surface area (Å²) in [6.07, 6.45) is 0.227. The van der Waals surface area contributed by atoms with Gasteiger partial charge < -0.3 is 34.7 Å². The lowest BCUT2D eigenvalue weighted by Crippen LogP contribution is -2.45. The molecule has 2 amide bonds. The average Bonchev–Trinajstić information content (AvgIpc) is 2.88. The second-order valence-electron chi connectivity index (χ2n) is 8.05. The highest BCUT2D eigenvalue weighted by Crippen LogP contribution is 2.34. The Bertz CT molecular complexity index is 1240. The first-order valence-electron chi connectivity index (χ1n) is 11.7. The van der Waals surface area contributed by atoms with Gasteiger partial charge in [-0.2, -0.15) is 5.10 Å². The molecule has 2 atom stereocenters. The molecule has 0 fully saturated rings. The van der Waals surface area contributed by atoms with Crippen molar-refractivity contribution in [2.45, 2.75) is 33.0 Å². The maximum atomic E-state index is 12.4. The molecule has 3 rings (SSSR count). The number of urea groups is 1. The van der Waals surface area contributed by atoms with E-state index in [4.69, 9.17) is 18.9 Å². The van der Waals surface area contributed by atoms with Gasteiger partial charge in [-0.1, -0.05) is 18.2 Å². The van der Waals surface area contributed by atoms with Crippen LogP contribution < -0.4 is 30.3 Å². The van der Waals surface area contributed by atoms with Gasteiger partial charge in [-0.15, -0.1) is 0 Å². The van der Waals surface area contributed by atoms with Crippen molar-refractivity contribution < 1.29 is 38.4 Å². The summed E-state index contributed by atoms with van der Waals surface area (Å²) in [5, 5.41) is 19.5. The Morgan fingerprint density at radius 2 is 1.92 bits per heavy atom. The third kappa shape index (κ3) is 7.23. The molecule has 202 valence electrons. The van der Waals surface area contributed by atoms with Crippen LogP contribution in [0.3, 0.4) is 0 Å². The standard InChI is InChI=1S/C26H30N4O8/c1-5-36-21-12-17(24-23(25(33)35-4)15(2)28-26(34)29-24)10-11-20(21)37-14-22(32)30-27-13-18-8-6-7-9-19(18)38-16(3)31/h6-13,22,24,30,32H,5,14H2,1-4H3,(H2,28,29,34)/b27-13+/t22-,24-/m1/s1. The molecule has 0 saturated heterocycles. The SMILES string of the molecule is CCOc1cc([C@H]2NC(=O)NC(C)=C2C(=O)OC)ccc1OC[C@@H](O)N/N=C/c1ccccc1OC(C)=O. The minimum atomic E-state index is -1.18. The summed E-state index contributed by atoms with van der Waals surface area (Å²) in [6.45, 7) is 4.85. The molecule has 0 spiro atoms. The van der Waals surface area contributed by atoms with E-state index in [1.807, 2.05) is 0 Å². The molecule has 1 aliphatic heterocycles. The number of esters is 2. The van der Waals surface area contributed by atoms with Gasteiger partial charge in [-0.05, 0) is 43.7 Å². The van der Waals surface area contributed by atoms with Crippen LogP contribution in [0.5, 0.6) is 17.2 Å². The molecule has 4 N–H and O–H groups in total. The number of rotatable bonds is 11. The highest BCUT2D eigenvalue weighted by molar-refractivity contribution is 5.95. The first-order valence-corrected chi connectivity index (χ1v) is 11.7. The maximum absolute atomic E-state index is 12.4. The van der Waals surface area contributed by atoms with Crippen LogP contribution >= 0.6 is 0 Å². The average molecular weight is 527 g/mol. The van der Waals surface area contributed by atoms with E-state index in [1.54, 1.807) is 56.3 Å². The van der Waals surface area contributed by atoms with E-state index < -0.39 is 30.2 Å². The van der Waals surface area contributed by atoms with E-state index >= 15 is 0 Å². The molecule has 2 aromatic carbocycles. The second kappa shape index (κ2) is 13.1. The summed E-state index contributed by atoms with van der Waals surface area (Å²) >= 11 is 0. The van der Waals surface area contributed by atoms with Crippen LogP contribution in [0.25, 0.3) is 0 Å². The van der Waals surface area contributed by atoms with Gasteiger partial charge in [0.2, 0.25) is 0 Å². The van der Waals surface area contributed by atoms with Crippen molar-refractivity contribution >= 4 is 24.2 Å². The summed E-state index contributed by atoms with van der Waals surface area (Å²) in [5.41, 5.74) is 4.30. The quantitative estimate of drug-likeness (QED) is 0.113. The number of para-hydroxylation sites is 1. The Labute approximate surface area is 219 Å². The van der Waals surface area contributed by atoms with Gasteiger partial charge in [0.1, 0.15) is 12.4 Å². The summed E-state index contributed by atoms with van der Waals surface area (Å²) in [7, 11) is 1.26.